The molecule has 3 aromatic rings. The van der Waals surface area contributed by atoms with Crippen LogP contribution in [0.15, 0.2) is 48.5 Å². The van der Waals surface area contributed by atoms with Gasteiger partial charge in [-0.2, -0.15) is 8.78 Å². The Morgan fingerprint density at radius 3 is 2.73 bits per heavy atom. The molecular weight excluding hydrogens is 472 g/mol. The van der Waals surface area contributed by atoms with E-state index in [9.17, 15) is 17.2 Å². The molecule has 1 aliphatic heterocycles. The van der Waals surface area contributed by atoms with Gasteiger partial charge in [0.1, 0.15) is 11.5 Å². The lowest BCUT2D eigenvalue weighted by Crippen LogP contribution is -2.18. The lowest BCUT2D eigenvalue weighted by molar-refractivity contribution is -0.0496. The Balaban J connectivity index is 1.79. The van der Waals surface area contributed by atoms with Gasteiger partial charge in [0.15, 0.2) is 6.10 Å². The van der Waals surface area contributed by atoms with Crippen LogP contribution in [0, 0.1) is 0 Å². The van der Waals surface area contributed by atoms with Crippen LogP contribution < -0.4 is 14.6 Å². The first kappa shape index (κ1) is 23.6. The topological polar surface area (TPSA) is 87.8 Å². The van der Waals surface area contributed by atoms with E-state index in [0.29, 0.717) is 34.6 Å². The van der Waals surface area contributed by atoms with Crippen LogP contribution in [0.3, 0.4) is 0 Å². The maximum atomic E-state index is 13.0. The van der Waals surface area contributed by atoms with Gasteiger partial charge < -0.3 is 14.2 Å². The number of methoxy groups -OCH3 is 1. The second kappa shape index (κ2) is 9.76. The van der Waals surface area contributed by atoms with Gasteiger partial charge in [-0.25, -0.2) is 13.6 Å². The third-order valence-electron chi connectivity index (χ3n) is 5.20. The number of nitrogens with two attached hydrogens (primary N) is 1. The number of rotatable bonds is 9. The molecule has 2 N–H and O–H groups in total. The van der Waals surface area contributed by atoms with Crippen molar-refractivity contribution < 1.29 is 31.4 Å². The third kappa shape index (κ3) is 5.52. The molecule has 33 heavy (non-hydrogen) atoms. The number of benzene rings is 2. The Morgan fingerprint density at radius 1 is 1.18 bits per heavy atom. The first-order valence-electron chi connectivity index (χ1n) is 10.2. The second-order valence-corrected chi connectivity index (χ2v) is 10.4. The molecular formula is C23H23F2NO5S2. The van der Waals surface area contributed by atoms with E-state index in [1.54, 1.807) is 48.8 Å². The molecule has 0 amide bonds. The fourth-order valence-electron chi connectivity index (χ4n) is 3.91. The molecule has 2 aromatic carbocycles. The molecule has 0 saturated heterocycles. The van der Waals surface area contributed by atoms with Crippen molar-refractivity contribution in [2.45, 2.75) is 31.3 Å². The van der Waals surface area contributed by atoms with E-state index in [2.05, 4.69) is 0 Å². The smallest absolute Gasteiger partial charge is 0.387 e. The quantitative estimate of drug-likeness (QED) is 0.428. The molecule has 1 aromatic heterocycles. The third-order valence-corrected chi connectivity index (χ3v) is 7.12. The van der Waals surface area contributed by atoms with Crippen molar-refractivity contribution in [2.24, 2.45) is 5.14 Å². The fraction of sp³-hybridized carbons (Fsp3) is 0.304. The molecule has 10 heteroatoms. The predicted molar refractivity (Wildman–Crippen MR) is 122 cm³/mol. The number of hydrogen-bond donors (Lipinski definition) is 1. The molecule has 1 aliphatic rings. The zero-order valence-electron chi connectivity index (χ0n) is 17.8. The van der Waals surface area contributed by atoms with Gasteiger partial charge in [0.2, 0.25) is 10.0 Å². The molecule has 0 radical (unpaired) electrons. The van der Waals surface area contributed by atoms with Crippen molar-refractivity contribution in [3.05, 3.63) is 69.4 Å². The molecule has 2 heterocycles. The highest BCUT2D eigenvalue weighted by atomic mass is 32.2. The number of fused-ring (bicyclic) bond motifs is 3. The Bertz CT molecular complexity index is 1240. The monoisotopic (exact) mass is 495 g/mol. The van der Waals surface area contributed by atoms with Crippen LogP contribution in [0.25, 0.3) is 11.1 Å². The van der Waals surface area contributed by atoms with Gasteiger partial charge in [-0.15, -0.1) is 11.3 Å². The Kier molecular flexibility index (Phi) is 6.99. The average Bonchev–Trinajstić information content (AvgIpc) is 3.20. The van der Waals surface area contributed by atoms with Gasteiger partial charge in [-0.1, -0.05) is 24.3 Å². The first-order chi connectivity index (χ1) is 15.7. The summed E-state index contributed by atoms with van der Waals surface area (Å²) < 4.78 is 65.5. The highest BCUT2D eigenvalue weighted by Gasteiger charge is 2.31. The number of aryl methyl sites for hydroxylation is 1. The zero-order chi connectivity index (χ0) is 23.6. The number of sulfonamides is 1. The van der Waals surface area contributed by atoms with E-state index in [1.165, 1.54) is 6.07 Å². The largest absolute Gasteiger partial charge is 0.479 e. The van der Waals surface area contributed by atoms with Crippen molar-refractivity contribution >= 4 is 21.4 Å². The van der Waals surface area contributed by atoms with Gasteiger partial charge in [0.05, 0.1) is 11.3 Å². The summed E-state index contributed by atoms with van der Waals surface area (Å²) in [4.78, 5) is 2.08. The summed E-state index contributed by atoms with van der Waals surface area (Å²) in [7, 11) is -2.09. The summed E-state index contributed by atoms with van der Waals surface area (Å²) in [6.45, 7) is -2.33. The molecule has 0 saturated carbocycles. The standard InChI is InChI=1S/C23H23F2NO5S2/c1-29-11-3-4-15-8-10-20(32-15)22-17-12-14(13-33(26,27)28)7-9-16(17)21-18(30-22)5-2-6-19(21)31-23(24)25/h2,5-10,12,22-23H,3-4,11,13H2,1H3,(H2,26,27,28). The van der Waals surface area contributed by atoms with Gasteiger partial charge >= 0.3 is 6.61 Å². The van der Waals surface area contributed by atoms with Gasteiger partial charge in [-0.3, -0.25) is 0 Å². The minimum absolute atomic E-state index is 0.00664. The van der Waals surface area contributed by atoms with E-state index in [1.807, 2.05) is 12.1 Å². The van der Waals surface area contributed by atoms with Crippen molar-refractivity contribution in [1.29, 1.82) is 0 Å². The van der Waals surface area contributed by atoms with E-state index in [-0.39, 0.29) is 11.5 Å². The Labute approximate surface area is 195 Å². The van der Waals surface area contributed by atoms with Crippen molar-refractivity contribution in [2.75, 3.05) is 13.7 Å². The van der Waals surface area contributed by atoms with Crippen molar-refractivity contribution in [3.63, 3.8) is 0 Å². The second-order valence-electron chi connectivity index (χ2n) is 7.63. The number of primary sulfonamides is 1. The number of ether oxygens (including phenoxy) is 3. The van der Waals surface area contributed by atoms with E-state index < -0.39 is 22.7 Å². The Morgan fingerprint density at radius 2 is 2.00 bits per heavy atom. The van der Waals surface area contributed by atoms with Crippen molar-refractivity contribution in [1.82, 2.24) is 0 Å². The van der Waals surface area contributed by atoms with E-state index >= 15 is 0 Å². The molecule has 4 rings (SSSR count). The predicted octanol–water partition coefficient (Wildman–Crippen LogP) is 4.87. The van der Waals surface area contributed by atoms with Crippen LogP contribution in [-0.2, 0) is 26.9 Å². The van der Waals surface area contributed by atoms with Crippen LogP contribution in [0.1, 0.15) is 33.4 Å². The summed E-state index contributed by atoms with van der Waals surface area (Å²) in [6.07, 6.45) is 1.21. The van der Waals surface area contributed by atoms with Crippen LogP contribution in [-0.4, -0.2) is 28.7 Å². The first-order valence-corrected chi connectivity index (χ1v) is 12.7. The number of halogens is 2. The molecule has 0 aliphatic carbocycles. The van der Waals surface area contributed by atoms with Crippen LogP contribution >= 0.6 is 11.3 Å². The zero-order valence-corrected chi connectivity index (χ0v) is 19.4. The maximum absolute atomic E-state index is 13.0. The SMILES string of the molecule is COCCCc1ccc(C2Oc3cccc(OC(F)F)c3-c3ccc(CS(N)(=O)=O)cc32)s1. The highest BCUT2D eigenvalue weighted by molar-refractivity contribution is 7.88. The molecule has 0 fully saturated rings. The lowest BCUT2D eigenvalue weighted by Gasteiger charge is -2.30. The van der Waals surface area contributed by atoms with Gasteiger partial charge in [0.25, 0.3) is 0 Å². The summed E-state index contributed by atoms with van der Waals surface area (Å²) in [5, 5.41) is 5.24. The van der Waals surface area contributed by atoms with Gasteiger partial charge in [-0.05, 0) is 48.2 Å². The van der Waals surface area contributed by atoms with Crippen LogP contribution in [0.5, 0.6) is 11.5 Å². The molecule has 1 unspecified atom stereocenters. The lowest BCUT2D eigenvalue weighted by atomic mass is 9.90. The summed E-state index contributed by atoms with van der Waals surface area (Å²) in [6, 6.07) is 13.8. The number of thiophene rings is 1. The molecule has 0 bridgehead atoms. The minimum Gasteiger partial charge on any atom is -0.479 e. The van der Waals surface area contributed by atoms with E-state index in [4.69, 9.17) is 19.3 Å². The van der Waals surface area contributed by atoms with Gasteiger partial charge in [0, 0.05) is 29.0 Å². The highest BCUT2D eigenvalue weighted by Crippen LogP contribution is 2.50. The van der Waals surface area contributed by atoms with Crippen LogP contribution in [0.2, 0.25) is 0 Å². The summed E-state index contributed by atoms with van der Waals surface area (Å²) in [5.74, 6) is 0.0638. The van der Waals surface area contributed by atoms with Crippen molar-refractivity contribution in [3.8, 4) is 22.6 Å². The van der Waals surface area contributed by atoms with E-state index in [0.717, 1.165) is 22.6 Å². The summed E-state index contributed by atoms with van der Waals surface area (Å²) in [5.41, 5.74) is 2.20. The minimum atomic E-state index is -3.75. The number of hydrogen-bond acceptors (Lipinski definition) is 6. The fourth-order valence-corrected chi connectivity index (χ4v) is 5.66. The number of alkyl halides is 2. The maximum Gasteiger partial charge on any atom is 0.387 e. The average molecular weight is 496 g/mol. The normalized spacial score (nSPS) is 15.1. The van der Waals surface area contributed by atoms with Crippen LogP contribution in [0.4, 0.5) is 8.78 Å². The molecule has 0 spiro atoms. The molecule has 6 nitrogen and oxygen atoms in total. The molecule has 1 atom stereocenters. The summed E-state index contributed by atoms with van der Waals surface area (Å²) >= 11 is 1.59. The Hall–Kier alpha value is -2.53. The molecule has 176 valence electrons.